The number of aromatic nitrogens is 1. The average molecular weight is 590 g/mol. The molecule has 1 aliphatic heterocycles. The van der Waals surface area contributed by atoms with Crippen LogP contribution < -0.4 is 19.6 Å². The lowest BCUT2D eigenvalue weighted by Gasteiger charge is -2.29. The van der Waals surface area contributed by atoms with Gasteiger partial charge in [0, 0.05) is 29.2 Å². The zero-order valence-corrected chi connectivity index (χ0v) is 24.5. The van der Waals surface area contributed by atoms with Crippen molar-refractivity contribution in [3.63, 3.8) is 0 Å². The first-order chi connectivity index (χ1) is 19.8. The van der Waals surface area contributed by atoms with Crippen LogP contribution in [0, 0.1) is 5.82 Å². The molecule has 1 aromatic heterocycles. The van der Waals surface area contributed by atoms with Crippen LogP contribution in [0.1, 0.15) is 43.5 Å². The Balaban J connectivity index is 1.61. The summed E-state index contributed by atoms with van der Waals surface area (Å²) in [4.78, 5) is 34.7. The van der Waals surface area contributed by atoms with Gasteiger partial charge in [0.15, 0.2) is 4.80 Å². The fourth-order valence-corrected chi connectivity index (χ4v) is 6.04. The molecule has 4 aromatic rings. The molecule has 2 heterocycles. The van der Waals surface area contributed by atoms with Gasteiger partial charge in [-0.15, -0.1) is 0 Å². The van der Waals surface area contributed by atoms with Gasteiger partial charge in [0.25, 0.3) is 11.5 Å². The molecule has 0 spiro atoms. The zero-order valence-electron chi connectivity index (χ0n) is 22.9. The topological polar surface area (TPSA) is 63.9 Å². The number of fused-ring (bicyclic) bond motifs is 1. The predicted octanol–water partition coefficient (Wildman–Crippen LogP) is 5.48. The van der Waals surface area contributed by atoms with Crippen molar-refractivity contribution < 1.29 is 13.9 Å². The van der Waals surface area contributed by atoms with Gasteiger partial charge in [-0.25, -0.2) is 9.38 Å². The van der Waals surface area contributed by atoms with Crippen molar-refractivity contribution in [3.8, 4) is 5.75 Å². The highest BCUT2D eigenvalue weighted by atomic mass is 35.5. The van der Waals surface area contributed by atoms with Crippen LogP contribution >= 0.6 is 22.9 Å². The Labute approximate surface area is 246 Å². The van der Waals surface area contributed by atoms with E-state index in [1.165, 1.54) is 17.4 Å². The molecule has 9 heteroatoms. The van der Waals surface area contributed by atoms with Gasteiger partial charge in [-0.2, -0.15) is 0 Å². The quantitative estimate of drug-likeness (QED) is 0.274. The number of amides is 1. The highest BCUT2D eigenvalue weighted by molar-refractivity contribution is 7.07. The number of carbonyl (C=O) groups excluding carboxylic acids is 1. The SMILES string of the molecule is CCN(CC)C(=O)C1=C(C)N=c2s/c(=C/c3ccccc3OCc3ccccc3F)c(=O)n2[C@H]1c1ccc(Cl)cc1. The average Bonchev–Trinajstić information content (AvgIpc) is 3.27. The van der Waals surface area contributed by atoms with Gasteiger partial charge in [-0.3, -0.25) is 14.2 Å². The smallest absolute Gasteiger partial charge is 0.271 e. The van der Waals surface area contributed by atoms with Crippen molar-refractivity contribution >= 4 is 34.9 Å². The summed E-state index contributed by atoms with van der Waals surface area (Å²) in [5.74, 6) is 0.0210. The second-order valence-corrected chi connectivity index (χ2v) is 11.0. The van der Waals surface area contributed by atoms with E-state index in [-0.39, 0.29) is 23.9 Å². The van der Waals surface area contributed by atoms with Crippen molar-refractivity contribution in [2.75, 3.05) is 13.1 Å². The van der Waals surface area contributed by atoms with Gasteiger partial charge in [-0.05, 0) is 56.7 Å². The summed E-state index contributed by atoms with van der Waals surface area (Å²) in [6, 6.07) is 20.3. The fraction of sp³-hybridized carbons (Fsp3) is 0.219. The second kappa shape index (κ2) is 12.2. The number of carbonyl (C=O) groups is 1. The number of hydrogen-bond donors (Lipinski definition) is 0. The lowest BCUT2D eigenvalue weighted by Crippen LogP contribution is -2.43. The summed E-state index contributed by atoms with van der Waals surface area (Å²) in [6.07, 6.45) is 1.75. The molecule has 1 aliphatic rings. The molecular formula is C32H29ClFN3O3S. The van der Waals surface area contributed by atoms with Crippen molar-refractivity contribution in [3.05, 3.63) is 131 Å². The molecule has 5 rings (SSSR count). The number of para-hydroxylation sites is 1. The molecule has 3 aromatic carbocycles. The summed E-state index contributed by atoms with van der Waals surface area (Å²) >= 11 is 7.43. The van der Waals surface area contributed by atoms with Crippen LogP contribution in [0.3, 0.4) is 0 Å². The zero-order chi connectivity index (χ0) is 29.1. The number of ether oxygens (including phenoxy) is 1. The number of likely N-dealkylation sites (N-methyl/N-ethyl adjacent to an activating group) is 1. The van der Waals surface area contributed by atoms with Crippen LogP contribution in [0.25, 0.3) is 6.08 Å². The number of hydrogen-bond acceptors (Lipinski definition) is 5. The summed E-state index contributed by atoms with van der Waals surface area (Å²) < 4.78 is 22.2. The molecule has 0 fully saturated rings. The molecule has 0 saturated carbocycles. The second-order valence-electron chi connectivity index (χ2n) is 9.53. The number of allylic oxidation sites excluding steroid dienone is 1. The maximum atomic E-state index is 14.2. The van der Waals surface area contributed by atoms with Crippen molar-refractivity contribution in [1.82, 2.24) is 9.47 Å². The molecular weight excluding hydrogens is 561 g/mol. The highest BCUT2D eigenvalue weighted by Gasteiger charge is 2.34. The Kier molecular flexibility index (Phi) is 8.52. The minimum atomic E-state index is -0.661. The fourth-order valence-electron chi connectivity index (χ4n) is 4.88. The monoisotopic (exact) mass is 589 g/mol. The maximum Gasteiger partial charge on any atom is 0.271 e. The third kappa shape index (κ3) is 5.76. The van der Waals surface area contributed by atoms with Gasteiger partial charge in [0.1, 0.15) is 18.2 Å². The minimum absolute atomic E-state index is 0.0470. The van der Waals surface area contributed by atoms with E-state index in [1.54, 1.807) is 51.9 Å². The molecule has 0 saturated heterocycles. The maximum absolute atomic E-state index is 14.2. The minimum Gasteiger partial charge on any atom is -0.488 e. The Morgan fingerprint density at radius 2 is 1.76 bits per heavy atom. The van der Waals surface area contributed by atoms with Crippen LogP contribution in [-0.4, -0.2) is 28.5 Å². The largest absolute Gasteiger partial charge is 0.488 e. The number of halogens is 2. The summed E-state index contributed by atoms with van der Waals surface area (Å²) in [5.41, 5.74) is 2.64. The van der Waals surface area contributed by atoms with E-state index in [0.717, 1.165) is 5.56 Å². The number of nitrogens with zero attached hydrogens (tertiary/aromatic N) is 3. The van der Waals surface area contributed by atoms with Gasteiger partial charge in [0.05, 0.1) is 21.8 Å². The summed E-state index contributed by atoms with van der Waals surface area (Å²) in [5, 5.41) is 0.561. The van der Waals surface area contributed by atoms with Crippen LogP contribution in [0.5, 0.6) is 5.75 Å². The Morgan fingerprint density at radius 3 is 2.46 bits per heavy atom. The molecule has 1 atom stereocenters. The van der Waals surface area contributed by atoms with Crippen molar-refractivity contribution in [2.45, 2.75) is 33.4 Å². The van der Waals surface area contributed by atoms with E-state index < -0.39 is 6.04 Å². The Bertz CT molecular complexity index is 1810. The first-order valence-corrected chi connectivity index (χ1v) is 14.5. The van der Waals surface area contributed by atoms with Gasteiger partial charge >= 0.3 is 0 Å². The molecule has 41 heavy (non-hydrogen) atoms. The molecule has 1 amide bonds. The lowest BCUT2D eigenvalue weighted by molar-refractivity contribution is -0.127. The lowest BCUT2D eigenvalue weighted by atomic mass is 9.94. The number of thiazole rings is 1. The van der Waals surface area contributed by atoms with E-state index in [4.69, 9.17) is 21.3 Å². The first kappa shape index (κ1) is 28.5. The molecule has 0 aliphatic carbocycles. The summed E-state index contributed by atoms with van der Waals surface area (Å²) in [7, 11) is 0. The summed E-state index contributed by atoms with van der Waals surface area (Å²) in [6.45, 7) is 6.78. The predicted molar refractivity (Wildman–Crippen MR) is 160 cm³/mol. The Hall–Kier alpha value is -4.01. The van der Waals surface area contributed by atoms with Crippen LogP contribution in [0.4, 0.5) is 4.39 Å². The first-order valence-electron chi connectivity index (χ1n) is 13.3. The van der Waals surface area contributed by atoms with E-state index >= 15 is 0 Å². The van der Waals surface area contributed by atoms with Gasteiger partial charge in [-0.1, -0.05) is 71.5 Å². The molecule has 0 unspecified atom stereocenters. The number of benzene rings is 3. The van der Waals surface area contributed by atoms with Crippen LogP contribution in [0.15, 0.2) is 93.9 Å². The van der Waals surface area contributed by atoms with E-state index in [0.29, 0.717) is 55.6 Å². The van der Waals surface area contributed by atoms with Crippen LogP contribution in [-0.2, 0) is 11.4 Å². The standard InChI is InChI=1S/C32H29ClFN3O3S/c1-4-36(5-2)31(39)28-20(3)35-32-37(29(28)21-14-16-24(33)17-15-21)30(38)27(41-32)18-22-10-7-9-13-26(22)40-19-23-11-6-8-12-25(23)34/h6-18,29H,4-5,19H2,1-3H3/b27-18+/t29-/m0/s1. The Morgan fingerprint density at radius 1 is 1.07 bits per heavy atom. The number of rotatable bonds is 8. The molecule has 0 N–H and O–H groups in total. The normalized spacial score (nSPS) is 15.0. The van der Waals surface area contributed by atoms with Crippen LogP contribution in [0.2, 0.25) is 5.02 Å². The molecule has 210 valence electrons. The van der Waals surface area contributed by atoms with E-state index in [2.05, 4.69) is 0 Å². The highest BCUT2D eigenvalue weighted by Crippen LogP contribution is 2.32. The van der Waals surface area contributed by atoms with E-state index in [9.17, 15) is 14.0 Å². The third-order valence-corrected chi connectivity index (χ3v) is 8.27. The molecule has 0 radical (unpaired) electrons. The van der Waals surface area contributed by atoms with Crippen molar-refractivity contribution in [2.24, 2.45) is 4.99 Å². The van der Waals surface area contributed by atoms with Gasteiger partial charge < -0.3 is 9.64 Å². The third-order valence-electron chi connectivity index (χ3n) is 7.04. The van der Waals surface area contributed by atoms with Gasteiger partial charge in [0.2, 0.25) is 0 Å². The molecule has 6 nitrogen and oxygen atoms in total. The van der Waals surface area contributed by atoms with E-state index in [1.807, 2.05) is 51.1 Å². The molecule has 0 bridgehead atoms. The van der Waals surface area contributed by atoms with Crippen molar-refractivity contribution in [1.29, 1.82) is 0 Å².